The van der Waals surface area contributed by atoms with E-state index < -0.39 is 0 Å². The van der Waals surface area contributed by atoms with Gasteiger partial charge in [-0.15, -0.1) is 0 Å². The lowest BCUT2D eigenvalue weighted by molar-refractivity contribution is 0.241. The third-order valence-corrected chi connectivity index (χ3v) is 7.71. The predicted octanol–water partition coefficient (Wildman–Crippen LogP) is 5.95. The number of nitrogens with one attached hydrogen (secondary N) is 1. The maximum atomic E-state index is 9.33. The van der Waals surface area contributed by atoms with Crippen molar-refractivity contribution < 1.29 is 0 Å². The van der Waals surface area contributed by atoms with E-state index in [-0.39, 0.29) is 18.6 Å². The van der Waals surface area contributed by atoms with Crippen molar-refractivity contribution in [1.29, 1.82) is 10.5 Å². The van der Waals surface area contributed by atoms with Gasteiger partial charge < -0.3 is 20.0 Å². The van der Waals surface area contributed by atoms with Crippen molar-refractivity contribution >= 4 is 17.4 Å². The molecule has 2 saturated heterocycles. The molecule has 8 nitrogen and oxygen atoms in total. The van der Waals surface area contributed by atoms with Gasteiger partial charge in [0.15, 0.2) is 0 Å². The van der Waals surface area contributed by atoms with Crippen LogP contribution in [0, 0.1) is 22.7 Å². The summed E-state index contributed by atoms with van der Waals surface area (Å²) in [5, 5.41) is 21.5. The van der Waals surface area contributed by atoms with Crippen LogP contribution in [0.4, 0.5) is 5.82 Å². The van der Waals surface area contributed by atoms with Crippen molar-refractivity contribution in [3.05, 3.63) is 125 Å². The minimum absolute atomic E-state index is 0. The van der Waals surface area contributed by atoms with E-state index in [2.05, 4.69) is 105 Å². The topological polar surface area (TPSA) is 95.1 Å². The molecule has 2 atom stereocenters. The molecule has 9 heteroatoms. The van der Waals surface area contributed by atoms with Crippen molar-refractivity contribution in [2.24, 2.45) is 0 Å². The average molecular weight is 609 g/mol. The van der Waals surface area contributed by atoms with Gasteiger partial charge in [0.2, 0.25) is 0 Å². The van der Waals surface area contributed by atoms with Crippen LogP contribution in [0.25, 0.3) is 0 Å². The monoisotopic (exact) mass is 608 g/mol. The minimum Gasteiger partial charge on any atom is -0.346 e. The summed E-state index contributed by atoms with van der Waals surface area (Å²) >= 11 is 5.49. The highest BCUT2D eigenvalue weighted by Crippen LogP contribution is 2.30. The van der Waals surface area contributed by atoms with E-state index >= 15 is 0 Å². The highest BCUT2D eigenvalue weighted by molar-refractivity contribution is 6.30. The van der Waals surface area contributed by atoms with Crippen LogP contribution in [0.2, 0.25) is 5.15 Å². The van der Waals surface area contributed by atoms with Gasteiger partial charge in [-0.05, 0) is 49.5 Å². The number of hydrogen-bond acceptors (Lipinski definition) is 8. The van der Waals surface area contributed by atoms with Crippen LogP contribution >= 0.6 is 11.6 Å². The first-order valence-electron chi connectivity index (χ1n) is 14.3. The second kappa shape index (κ2) is 17.7. The van der Waals surface area contributed by atoms with Crippen LogP contribution in [-0.4, -0.2) is 73.1 Å². The number of anilines is 1. The Hall–Kier alpha value is -4.31. The number of rotatable bonds is 3. The van der Waals surface area contributed by atoms with Gasteiger partial charge in [0, 0.05) is 57.7 Å². The third-order valence-electron chi connectivity index (χ3n) is 7.41. The van der Waals surface area contributed by atoms with Crippen molar-refractivity contribution in [2.75, 3.05) is 58.3 Å². The standard InChI is InChI=1S/C17H18N4.C11H16N2.C6H3ClN2.CH4/c1-20-10-11-21(17-15(12-18)8-5-9-19-17)16(13-20)14-6-3-2-4-7-14;1-13-8-7-12-11(9-13)10-5-3-2-4-6-10;7-6-5(4-8)2-1-3-9-6;/h2-9,16H,10-11,13H2,1H3;2-6,11-12H,7-9H2,1H3;1-3H;1H4. The van der Waals surface area contributed by atoms with Crippen molar-refractivity contribution in [3.8, 4) is 12.1 Å². The normalized spacial score (nSPS) is 18.2. The summed E-state index contributed by atoms with van der Waals surface area (Å²) in [6.45, 7) is 6.15. The number of benzene rings is 2. The average Bonchev–Trinajstić information content (AvgIpc) is 3.06. The van der Waals surface area contributed by atoms with Crippen molar-refractivity contribution in [3.63, 3.8) is 0 Å². The molecule has 0 radical (unpaired) electrons. The molecule has 0 amide bonds. The third kappa shape index (κ3) is 9.60. The van der Waals surface area contributed by atoms with E-state index in [1.165, 1.54) is 11.1 Å². The van der Waals surface area contributed by atoms with Crippen molar-refractivity contribution in [2.45, 2.75) is 19.5 Å². The Morgan fingerprint density at radius 2 is 1.32 bits per heavy atom. The van der Waals surface area contributed by atoms with Crippen molar-refractivity contribution in [1.82, 2.24) is 25.1 Å². The van der Waals surface area contributed by atoms with Crippen LogP contribution in [-0.2, 0) is 0 Å². The molecule has 2 aliphatic rings. The molecule has 0 spiro atoms. The number of nitriles is 2. The number of aromatic nitrogens is 2. The molecule has 2 unspecified atom stereocenters. The fourth-order valence-electron chi connectivity index (χ4n) is 5.12. The molecular formula is C35H41ClN8. The summed E-state index contributed by atoms with van der Waals surface area (Å²) < 4.78 is 0. The molecule has 4 heterocycles. The Bertz CT molecular complexity index is 1500. The molecular weight excluding hydrogens is 568 g/mol. The summed E-state index contributed by atoms with van der Waals surface area (Å²) in [7, 11) is 4.31. The number of pyridine rings is 2. The fraction of sp³-hybridized carbons (Fsp3) is 0.314. The SMILES string of the molecule is C.CN1CCN(c2ncccc2C#N)C(c2ccccc2)C1.CN1CCNC(c2ccccc2)C1.N#Cc1cccnc1Cl. The summed E-state index contributed by atoms with van der Waals surface area (Å²) in [6.07, 6.45) is 3.31. The number of hydrogen-bond donors (Lipinski definition) is 1. The number of likely N-dealkylation sites (N-methyl/N-ethyl adjacent to an activating group) is 2. The predicted molar refractivity (Wildman–Crippen MR) is 178 cm³/mol. The summed E-state index contributed by atoms with van der Waals surface area (Å²) in [5.74, 6) is 0.793. The first-order chi connectivity index (χ1) is 21.0. The number of piperazine rings is 2. The van der Waals surface area contributed by atoms with E-state index in [1.54, 1.807) is 24.5 Å². The maximum absolute atomic E-state index is 9.33. The van der Waals surface area contributed by atoms with Crippen LogP contribution in [0.15, 0.2) is 97.3 Å². The lowest BCUT2D eigenvalue weighted by Crippen LogP contribution is -2.47. The van der Waals surface area contributed by atoms with Gasteiger partial charge in [-0.3, -0.25) is 0 Å². The van der Waals surface area contributed by atoms with Crippen LogP contribution in [0.1, 0.15) is 41.8 Å². The molecule has 0 aliphatic carbocycles. The highest BCUT2D eigenvalue weighted by Gasteiger charge is 2.29. The maximum Gasteiger partial charge on any atom is 0.147 e. The molecule has 2 aliphatic heterocycles. The Kier molecular flexibility index (Phi) is 13.8. The number of nitrogens with zero attached hydrogens (tertiary/aromatic N) is 7. The zero-order valence-corrected chi connectivity index (χ0v) is 25.4. The lowest BCUT2D eigenvalue weighted by atomic mass is 10.0. The molecule has 44 heavy (non-hydrogen) atoms. The molecule has 2 aromatic carbocycles. The van der Waals surface area contributed by atoms with Gasteiger partial charge in [-0.25, -0.2) is 9.97 Å². The van der Waals surface area contributed by atoms with E-state index in [9.17, 15) is 5.26 Å². The molecule has 4 aromatic rings. The smallest absolute Gasteiger partial charge is 0.147 e. The Balaban J connectivity index is 0.000000197. The second-order valence-corrected chi connectivity index (χ2v) is 10.9. The van der Waals surface area contributed by atoms with E-state index in [0.717, 1.165) is 45.1 Å². The molecule has 6 rings (SSSR count). The van der Waals surface area contributed by atoms with Gasteiger partial charge in [-0.1, -0.05) is 79.7 Å². The molecule has 1 N–H and O–H groups in total. The Morgan fingerprint density at radius 3 is 1.91 bits per heavy atom. The molecule has 2 fully saturated rings. The second-order valence-electron chi connectivity index (χ2n) is 10.5. The van der Waals surface area contributed by atoms with Gasteiger partial charge in [0.1, 0.15) is 23.1 Å². The van der Waals surface area contributed by atoms with E-state index in [4.69, 9.17) is 16.9 Å². The first kappa shape index (κ1) is 34.2. The molecule has 228 valence electrons. The van der Waals surface area contributed by atoms with Gasteiger partial charge in [0.25, 0.3) is 0 Å². The largest absolute Gasteiger partial charge is 0.346 e. The van der Waals surface area contributed by atoms with E-state index in [1.807, 2.05) is 24.3 Å². The Labute approximate surface area is 267 Å². The fourth-order valence-corrected chi connectivity index (χ4v) is 5.28. The highest BCUT2D eigenvalue weighted by atomic mass is 35.5. The quantitative estimate of drug-likeness (QED) is 0.285. The van der Waals surface area contributed by atoms with Gasteiger partial charge >= 0.3 is 0 Å². The zero-order valence-electron chi connectivity index (χ0n) is 24.6. The van der Waals surface area contributed by atoms with Crippen LogP contribution < -0.4 is 10.2 Å². The lowest BCUT2D eigenvalue weighted by Gasteiger charge is -2.41. The minimum atomic E-state index is 0. The van der Waals surface area contributed by atoms with E-state index in [0.29, 0.717) is 17.2 Å². The Morgan fingerprint density at radius 1 is 0.727 bits per heavy atom. The van der Waals surface area contributed by atoms with Gasteiger partial charge in [0.05, 0.1) is 17.2 Å². The summed E-state index contributed by atoms with van der Waals surface area (Å²) in [5.41, 5.74) is 3.72. The van der Waals surface area contributed by atoms with Gasteiger partial charge in [-0.2, -0.15) is 10.5 Å². The molecule has 0 saturated carbocycles. The zero-order chi connectivity index (χ0) is 30.4. The van der Waals surface area contributed by atoms with Crippen LogP contribution in [0.5, 0.6) is 0 Å². The van der Waals surface area contributed by atoms with Crippen LogP contribution in [0.3, 0.4) is 0 Å². The first-order valence-corrected chi connectivity index (χ1v) is 14.7. The number of halogens is 1. The molecule has 0 bridgehead atoms. The summed E-state index contributed by atoms with van der Waals surface area (Å²) in [4.78, 5) is 15.1. The molecule has 2 aromatic heterocycles. The summed E-state index contributed by atoms with van der Waals surface area (Å²) in [6, 6.07) is 32.9.